The smallest absolute Gasteiger partial charge is 0.171 e. The highest BCUT2D eigenvalue weighted by atomic mass is 16.1. The van der Waals surface area contributed by atoms with Crippen LogP contribution in [0.4, 0.5) is 0 Å². The van der Waals surface area contributed by atoms with E-state index in [1.165, 1.54) is 0 Å². The van der Waals surface area contributed by atoms with Crippen molar-refractivity contribution in [3.05, 3.63) is 11.9 Å². The molecule has 1 aromatic heterocycles. The average molecular weight is 222 g/mol. The fourth-order valence-electron chi connectivity index (χ4n) is 2.23. The van der Waals surface area contributed by atoms with Gasteiger partial charge in [0.15, 0.2) is 6.29 Å². The van der Waals surface area contributed by atoms with Crippen LogP contribution in [-0.4, -0.2) is 45.8 Å². The first kappa shape index (κ1) is 11.3. The highest BCUT2D eigenvalue weighted by Gasteiger charge is 2.24. The quantitative estimate of drug-likeness (QED) is 0.713. The molecule has 0 amide bonds. The van der Waals surface area contributed by atoms with Crippen molar-refractivity contribution in [1.82, 2.24) is 19.9 Å². The van der Waals surface area contributed by atoms with E-state index >= 15 is 0 Å². The minimum atomic E-state index is 0.375. The first-order valence-electron chi connectivity index (χ1n) is 5.78. The largest absolute Gasteiger partial charge is 0.301 e. The van der Waals surface area contributed by atoms with Crippen molar-refractivity contribution in [2.45, 2.75) is 26.3 Å². The number of rotatable bonds is 4. The zero-order valence-electron chi connectivity index (χ0n) is 9.83. The van der Waals surface area contributed by atoms with Crippen LogP contribution < -0.4 is 0 Å². The topological polar surface area (TPSA) is 51.0 Å². The molecule has 0 saturated carbocycles. The normalized spacial score (nSPS) is 21.8. The summed E-state index contributed by atoms with van der Waals surface area (Å²) in [6, 6.07) is 0.375. The maximum atomic E-state index is 10.5. The molecule has 16 heavy (non-hydrogen) atoms. The van der Waals surface area contributed by atoms with Crippen molar-refractivity contribution in [3.63, 3.8) is 0 Å². The fourth-order valence-corrected chi connectivity index (χ4v) is 2.23. The first-order valence-corrected chi connectivity index (χ1v) is 5.78. The van der Waals surface area contributed by atoms with Gasteiger partial charge in [-0.1, -0.05) is 19.1 Å². The van der Waals surface area contributed by atoms with E-state index in [1.54, 1.807) is 6.20 Å². The molecule has 0 spiro atoms. The Morgan fingerprint density at radius 1 is 1.62 bits per heavy atom. The Morgan fingerprint density at radius 2 is 2.44 bits per heavy atom. The molecule has 1 aromatic rings. The summed E-state index contributed by atoms with van der Waals surface area (Å²) < 4.78 is 1.82. The highest BCUT2D eigenvalue weighted by molar-refractivity contribution is 5.70. The van der Waals surface area contributed by atoms with Crippen molar-refractivity contribution in [3.8, 4) is 0 Å². The van der Waals surface area contributed by atoms with Crippen LogP contribution in [0.25, 0.3) is 0 Å². The Labute approximate surface area is 95.4 Å². The number of nitrogens with zero attached hydrogens (tertiary/aromatic N) is 4. The molecule has 1 aliphatic heterocycles. The van der Waals surface area contributed by atoms with E-state index in [0.717, 1.165) is 32.3 Å². The summed E-state index contributed by atoms with van der Waals surface area (Å²) in [5, 5.41) is 7.78. The minimum absolute atomic E-state index is 0.375. The molecular formula is C11H18N4O. The summed E-state index contributed by atoms with van der Waals surface area (Å²) in [5.41, 5.74) is 0.419. The van der Waals surface area contributed by atoms with E-state index in [0.29, 0.717) is 17.7 Å². The molecular weight excluding hydrogens is 204 g/mol. The molecule has 5 nitrogen and oxygen atoms in total. The molecule has 1 atom stereocenters. The second-order valence-electron chi connectivity index (χ2n) is 4.84. The van der Waals surface area contributed by atoms with Crippen molar-refractivity contribution < 1.29 is 4.79 Å². The second-order valence-corrected chi connectivity index (χ2v) is 4.84. The van der Waals surface area contributed by atoms with Gasteiger partial charge in [0.05, 0.1) is 12.2 Å². The standard InChI is InChI=1S/C11H18N4O/c1-9(2)5-14-4-3-11(7-14)15-6-10(8-16)12-13-15/h6,8-9,11H,3-5,7H2,1-2H3. The lowest BCUT2D eigenvalue weighted by Crippen LogP contribution is -2.25. The molecule has 88 valence electrons. The molecule has 0 aromatic carbocycles. The van der Waals surface area contributed by atoms with E-state index in [-0.39, 0.29) is 0 Å². The van der Waals surface area contributed by atoms with Gasteiger partial charge in [0.1, 0.15) is 5.69 Å². The van der Waals surface area contributed by atoms with Crippen LogP contribution >= 0.6 is 0 Å². The summed E-state index contributed by atoms with van der Waals surface area (Å²) in [7, 11) is 0. The van der Waals surface area contributed by atoms with Crippen LogP contribution in [0.3, 0.4) is 0 Å². The van der Waals surface area contributed by atoms with Gasteiger partial charge in [-0.3, -0.25) is 4.79 Å². The van der Waals surface area contributed by atoms with Crippen molar-refractivity contribution in [1.29, 1.82) is 0 Å². The first-order chi connectivity index (χ1) is 7.69. The summed E-state index contributed by atoms with van der Waals surface area (Å²) >= 11 is 0. The number of carbonyl (C=O) groups excluding carboxylic acids is 1. The minimum Gasteiger partial charge on any atom is -0.301 e. The molecule has 2 rings (SSSR count). The Morgan fingerprint density at radius 3 is 3.06 bits per heavy atom. The summed E-state index contributed by atoms with van der Waals surface area (Å²) in [6.07, 6.45) is 3.56. The Hall–Kier alpha value is -1.23. The fraction of sp³-hybridized carbons (Fsp3) is 0.727. The van der Waals surface area contributed by atoms with E-state index in [2.05, 4.69) is 29.1 Å². The van der Waals surface area contributed by atoms with Crippen LogP contribution in [0.5, 0.6) is 0 Å². The molecule has 0 N–H and O–H groups in total. The summed E-state index contributed by atoms with van der Waals surface area (Å²) in [5.74, 6) is 0.694. The summed E-state index contributed by atoms with van der Waals surface area (Å²) in [6.45, 7) is 7.71. The van der Waals surface area contributed by atoms with Gasteiger partial charge in [0.25, 0.3) is 0 Å². The maximum Gasteiger partial charge on any atom is 0.171 e. The van der Waals surface area contributed by atoms with Crippen LogP contribution in [0.1, 0.15) is 36.8 Å². The second kappa shape index (κ2) is 4.74. The van der Waals surface area contributed by atoms with Gasteiger partial charge in [-0.2, -0.15) is 0 Å². The molecule has 0 aliphatic carbocycles. The van der Waals surface area contributed by atoms with Gasteiger partial charge in [-0.15, -0.1) is 5.10 Å². The van der Waals surface area contributed by atoms with E-state index < -0.39 is 0 Å². The Bertz CT molecular complexity index is 361. The maximum absolute atomic E-state index is 10.5. The Kier molecular flexibility index (Phi) is 3.33. The monoisotopic (exact) mass is 222 g/mol. The zero-order chi connectivity index (χ0) is 11.5. The molecule has 0 radical (unpaired) electrons. The van der Waals surface area contributed by atoms with Gasteiger partial charge >= 0.3 is 0 Å². The summed E-state index contributed by atoms with van der Waals surface area (Å²) in [4.78, 5) is 13.0. The molecule has 2 heterocycles. The molecule has 5 heteroatoms. The number of likely N-dealkylation sites (tertiary alicyclic amines) is 1. The van der Waals surface area contributed by atoms with Gasteiger partial charge in [-0.25, -0.2) is 4.68 Å². The highest BCUT2D eigenvalue weighted by Crippen LogP contribution is 2.21. The molecule has 1 unspecified atom stereocenters. The molecule has 1 saturated heterocycles. The average Bonchev–Trinajstić information content (AvgIpc) is 2.83. The van der Waals surface area contributed by atoms with Crippen LogP contribution in [-0.2, 0) is 0 Å². The van der Waals surface area contributed by atoms with Crippen molar-refractivity contribution in [2.24, 2.45) is 5.92 Å². The van der Waals surface area contributed by atoms with Gasteiger partial charge in [-0.05, 0) is 12.3 Å². The van der Waals surface area contributed by atoms with Gasteiger partial charge in [0, 0.05) is 19.6 Å². The van der Waals surface area contributed by atoms with Crippen molar-refractivity contribution >= 4 is 6.29 Å². The molecule has 1 fully saturated rings. The number of aromatic nitrogens is 3. The van der Waals surface area contributed by atoms with Gasteiger partial charge < -0.3 is 4.90 Å². The van der Waals surface area contributed by atoms with E-state index in [9.17, 15) is 4.79 Å². The third-order valence-corrected chi connectivity index (χ3v) is 2.89. The lowest BCUT2D eigenvalue weighted by Gasteiger charge is -2.17. The number of hydrogen-bond donors (Lipinski definition) is 0. The number of carbonyl (C=O) groups is 1. The molecule has 0 bridgehead atoms. The van der Waals surface area contributed by atoms with Crippen molar-refractivity contribution in [2.75, 3.05) is 19.6 Å². The molecule has 1 aliphatic rings. The number of aldehydes is 1. The van der Waals surface area contributed by atoms with Crippen LogP contribution in [0.2, 0.25) is 0 Å². The van der Waals surface area contributed by atoms with E-state index in [4.69, 9.17) is 0 Å². The predicted octanol–water partition coefficient (Wildman–Crippen LogP) is 0.993. The Balaban J connectivity index is 1.95. The van der Waals surface area contributed by atoms with E-state index in [1.807, 2.05) is 4.68 Å². The van der Waals surface area contributed by atoms with Gasteiger partial charge in [0.2, 0.25) is 0 Å². The lowest BCUT2D eigenvalue weighted by molar-refractivity contribution is 0.111. The third kappa shape index (κ3) is 2.47. The third-order valence-electron chi connectivity index (χ3n) is 2.89. The van der Waals surface area contributed by atoms with Crippen LogP contribution in [0, 0.1) is 5.92 Å². The zero-order valence-corrected chi connectivity index (χ0v) is 9.83. The van der Waals surface area contributed by atoms with Crippen LogP contribution in [0.15, 0.2) is 6.20 Å². The number of hydrogen-bond acceptors (Lipinski definition) is 4. The lowest BCUT2D eigenvalue weighted by atomic mass is 10.2. The predicted molar refractivity (Wildman–Crippen MR) is 60.3 cm³/mol. The SMILES string of the molecule is CC(C)CN1CCC(n2cc(C=O)nn2)C1.